The van der Waals surface area contributed by atoms with Crippen LogP contribution in [0.3, 0.4) is 0 Å². The van der Waals surface area contributed by atoms with Crippen LogP contribution in [-0.4, -0.2) is 47.4 Å². The number of carbonyl (C=O) groups excluding carboxylic acids is 1. The SMILES string of the molecule is CSCCC(C)N(C)CC(=O)Nc1ccc(C(N)=S)cc1. The van der Waals surface area contributed by atoms with Crippen molar-refractivity contribution in [3.05, 3.63) is 29.8 Å². The van der Waals surface area contributed by atoms with E-state index in [1.54, 1.807) is 0 Å². The van der Waals surface area contributed by atoms with Gasteiger partial charge in [0, 0.05) is 17.3 Å². The number of nitrogens with zero attached hydrogens (tertiary/aromatic N) is 1. The second-order valence-electron chi connectivity index (χ2n) is 5.04. The third-order valence-electron chi connectivity index (χ3n) is 3.34. The fourth-order valence-corrected chi connectivity index (χ4v) is 2.52. The standard InChI is InChI=1S/C15H23N3OS2/c1-11(8-9-21-3)18(2)10-14(19)17-13-6-4-12(5-7-13)15(16)20/h4-7,11H,8-10H2,1-3H3,(H2,16,20)(H,17,19). The fraction of sp³-hybridized carbons (Fsp3) is 0.467. The Morgan fingerprint density at radius 3 is 2.57 bits per heavy atom. The second-order valence-corrected chi connectivity index (χ2v) is 6.46. The molecule has 0 aliphatic rings. The third kappa shape index (κ3) is 6.46. The molecule has 1 aromatic carbocycles. The van der Waals surface area contributed by atoms with Crippen LogP contribution in [0.1, 0.15) is 18.9 Å². The smallest absolute Gasteiger partial charge is 0.238 e. The van der Waals surface area contributed by atoms with Gasteiger partial charge >= 0.3 is 0 Å². The normalized spacial score (nSPS) is 12.2. The first kappa shape index (κ1) is 17.9. The number of thioether (sulfide) groups is 1. The number of rotatable bonds is 8. The van der Waals surface area contributed by atoms with Crippen LogP contribution < -0.4 is 11.1 Å². The predicted molar refractivity (Wildman–Crippen MR) is 96.1 cm³/mol. The number of likely N-dealkylation sites (N-methyl/N-ethyl adjacent to an activating group) is 1. The van der Waals surface area contributed by atoms with Crippen molar-refractivity contribution in [2.24, 2.45) is 5.73 Å². The van der Waals surface area contributed by atoms with Gasteiger partial charge in [0.1, 0.15) is 4.99 Å². The van der Waals surface area contributed by atoms with Gasteiger partial charge in [-0.25, -0.2) is 0 Å². The molecule has 1 unspecified atom stereocenters. The van der Waals surface area contributed by atoms with Crippen molar-refractivity contribution in [3.63, 3.8) is 0 Å². The quantitative estimate of drug-likeness (QED) is 0.719. The molecule has 0 radical (unpaired) electrons. The minimum absolute atomic E-state index is 0.0171. The highest BCUT2D eigenvalue weighted by Crippen LogP contribution is 2.10. The molecule has 0 aromatic heterocycles. The Morgan fingerprint density at radius 2 is 2.05 bits per heavy atom. The van der Waals surface area contributed by atoms with Crippen molar-refractivity contribution in [2.45, 2.75) is 19.4 Å². The van der Waals surface area contributed by atoms with E-state index in [4.69, 9.17) is 18.0 Å². The first-order chi connectivity index (χ1) is 9.93. The lowest BCUT2D eigenvalue weighted by molar-refractivity contribution is -0.117. The van der Waals surface area contributed by atoms with Gasteiger partial charge in [-0.1, -0.05) is 12.2 Å². The molecular formula is C15H23N3OS2. The molecule has 0 aliphatic carbocycles. The monoisotopic (exact) mass is 325 g/mol. The maximum atomic E-state index is 12.0. The van der Waals surface area contributed by atoms with Crippen LogP contribution in [0.5, 0.6) is 0 Å². The van der Waals surface area contributed by atoms with Gasteiger partial charge in [-0.15, -0.1) is 0 Å². The summed E-state index contributed by atoms with van der Waals surface area (Å²) < 4.78 is 0. The third-order valence-corrected chi connectivity index (χ3v) is 4.22. The van der Waals surface area contributed by atoms with Gasteiger partial charge in [0.25, 0.3) is 0 Å². The van der Waals surface area contributed by atoms with Gasteiger partial charge in [-0.2, -0.15) is 11.8 Å². The van der Waals surface area contributed by atoms with Crippen molar-refractivity contribution >= 4 is 40.6 Å². The summed E-state index contributed by atoms with van der Waals surface area (Å²) in [4.78, 5) is 14.4. The molecule has 116 valence electrons. The summed E-state index contributed by atoms with van der Waals surface area (Å²) in [6.45, 7) is 2.52. The summed E-state index contributed by atoms with van der Waals surface area (Å²) in [5.41, 5.74) is 7.09. The van der Waals surface area contributed by atoms with Crippen LogP contribution in [0.2, 0.25) is 0 Å². The number of hydrogen-bond donors (Lipinski definition) is 2. The molecule has 0 spiro atoms. The fourth-order valence-electron chi connectivity index (χ4n) is 1.81. The zero-order valence-electron chi connectivity index (χ0n) is 12.8. The van der Waals surface area contributed by atoms with E-state index in [0.29, 0.717) is 17.6 Å². The van der Waals surface area contributed by atoms with Gasteiger partial charge in [-0.05, 0) is 56.7 Å². The number of nitrogens with two attached hydrogens (primary N) is 1. The molecular weight excluding hydrogens is 302 g/mol. The second kappa shape index (κ2) is 9.02. The first-order valence-electron chi connectivity index (χ1n) is 6.83. The molecule has 0 saturated carbocycles. The highest BCUT2D eigenvalue weighted by molar-refractivity contribution is 7.98. The van der Waals surface area contributed by atoms with Gasteiger partial charge in [-0.3, -0.25) is 9.69 Å². The number of thiocarbonyl (C=S) groups is 1. The Bertz CT molecular complexity index is 476. The number of anilines is 1. The molecule has 4 nitrogen and oxygen atoms in total. The van der Waals surface area contributed by atoms with Crippen LogP contribution in [0, 0.1) is 0 Å². The van der Waals surface area contributed by atoms with Gasteiger partial charge in [0.05, 0.1) is 6.54 Å². The first-order valence-corrected chi connectivity index (χ1v) is 8.63. The summed E-state index contributed by atoms with van der Waals surface area (Å²) in [7, 11) is 1.97. The minimum atomic E-state index is -0.0171. The van der Waals surface area contributed by atoms with Crippen molar-refractivity contribution in [3.8, 4) is 0 Å². The maximum Gasteiger partial charge on any atom is 0.238 e. The van der Waals surface area contributed by atoms with E-state index in [0.717, 1.165) is 23.4 Å². The molecule has 3 N–H and O–H groups in total. The van der Waals surface area contributed by atoms with E-state index in [-0.39, 0.29) is 5.91 Å². The number of hydrogen-bond acceptors (Lipinski definition) is 4. The molecule has 6 heteroatoms. The summed E-state index contributed by atoms with van der Waals surface area (Å²) in [6.07, 6.45) is 3.17. The Hall–Kier alpha value is -1.11. The predicted octanol–water partition coefficient (Wildman–Crippen LogP) is 2.33. The van der Waals surface area contributed by atoms with Gasteiger partial charge in [0.2, 0.25) is 5.91 Å². The highest BCUT2D eigenvalue weighted by Gasteiger charge is 2.12. The Kier molecular flexibility index (Phi) is 7.71. The van der Waals surface area contributed by atoms with Crippen LogP contribution in [0.25, 0.3) is 0 Å². The number of carbonyl (C=O) groups is 1. The van der Waals surface area contributed by atoms with Gasteiger partial charge in [0.15, 0.2) is 0 Å². The molecule has 1 aromatic rings. The van der Waals surface area contributed by atoms with E-state index in [9.17, 15) is 4.79 Å². The molecule has 1 amide bonds. The number of benzene rings is 1. The molecule has 0 saturated heterocycles. The van der Waals surface area contributed by atoms with Crippen molar-refractivity contribution in [1.29, 1.82) is 0 Å². The average molecular weight is 326 g/mol. The topological polar surface area (TPSA) is 58.4 Å². The molecule has 0 aliphatic heterocycles. The van der Waals surface area contributed by atoms with Crippen LogP contribution in [0.15, 0.2) is 24.3 Å². The Balaban J connectivity index is 2.47. The molecule has 0 fully saturated rings. The molecule has 0 heterocycles. The van der Waals surface area contributed by atoms with E-state index in [1.807, 2.05) is 43.1 Å². The average Bonchev–Trinajstić information content (AvgIpc) is 2.45. The molecule has 0 bridgehead atoms. The maximum absolute atomic E-state index is 12.0. The lowest BCUT2D eigenvalue weighted by Crippen LogP contribution is -2.36. The Morgan fingerprint density at radius 1 is 1.43 bits per heavy atom. The van der Waals surface area contributed by atoms with E-state index in [1.165, 1.54) is 0 Å². The zero-order chi connectivity index (χ0) is 15.8. The summed E-state index contributed by atoms with van der Waals surface area (Å²) in [6, 6.07) is 7.62. The van der Waals surface area contributed by atoms with E-state index < -0.39 is 0 Å². The van der Waals surface area contributed by atoms with Crippen LogP contribution >= 0.6 is 24.0 Å². The van der Waals surface area contributed by atoms with Crippen molar-refractivity contribution < 1.29 is 4.79 Å². The van der Waals surface area contributed by atoms with Crippen molar-refractivity contribution in [1.82, 2.24) is 4.90 Å². The summed E-state index contributed by atoms with van der Waals surface area (Å²) >= 11 is 6.72. The van der Waals surface area contributed by atoms with Gasteiger partial charge < -0.3 is 11.1 Å². The molecule has 1 rings (SSSR count). The summed E-state index contributed by atoms with van der Waals surface area (Å²) in [5, 5.41) is 2.88. The van der Waals surface area contributed by atoms with Crippen LogP contribution in [0.4, 0.5) is 5.69 Å². The number of nitrogens with one attached hydrogen (secondary N) is 1. The highest BCUT2D eigenvalue weighted by atomic mass is 32.2. The van der Waals surface area contributed by atoms with E-state index in [2.05, 4.69) is 23.4 Å². The molecule has 1 atom stereocenters. The lowest BCUT2D eigenvalue weighted by atomic mass is 10.2. The lowest BCUT2D eigenvalue weighted by Gasteiger charge is -2.23. The van der Waals surface area contributed by atoms with E-state index >= 15 is 0 Å². The molecule has 21 heavy (non-hydrogen) atoms. The van der Waals surface area contributed by atoms with Crippen molar-refractivity contribution in [2.75, 3.05) is 30.9 Å². The minimum Gasteiger partial charge on any atom is -0.389 e. The number of amides is 1. The Labute approximate surface area is 136 Å². The summed E-state index contributed by atoms with van der Waals surface area (Å²) in [5.74, 6) is 1.09. The van der Waals surface area contributed by atoms with Crippen LogP contribution in [-0.2, 0) is 4.79 Å². The zero-order valence-corrected chi connectivity index (χ0v) is 14.4. The largest absolute Gasteiger partial charge is 0.389 e.